The van der Waals surface area contributed by atoms with Crippen LogP contribution in [-0.2, 0) is 0 Å². The molecule has 0 aromatic carbocycles. The molecule has 0 bridgehead atoms. The Morgan fingerprint density at radius 2 is 2.22 bits per heavy atom. The maximum Gasteiger partial charge on any atom is 0.264 e. The number of piperidine rings is 1. The van der Waals surface area contributed by atoms with E-state index in [1.807, 2.05) is 12.1 Å². The fourth-order valence-electron chi connectivity index (χ4n) is 2.84. The average Bonchev–Trinajstić information content (AvgIpc) is 2.61. The van der Waals surface area contributed by atoms with Gasteiger partial charge in [0.1, 0.15) is 0 Å². The van der Waals surface area contributed by atoms with Crippen molar-refractivity contribution in [3.8, 4) is 17.1 Å². The number of nitrogens with zero attached hydrogens (tertiary/aromatic N) is 2. The summed E-state index contributed by atoms with van der Waals surface area (Å²) in [4.78, 5) is 15.3. The molecule has 0 spiro atoms. The summed E-state index contributed by atoms with van der Waals surface area (Å²) >= 11 is 0. The zero-order chi connectivity index (χ0) is 15.9. The molecule has 1 saturated heterocycles. The summed E-state index contributed by atoms with van der Waals surface area (Å²) in [5.41, 5.74) is 1.32. The van der Waals surface area contributed by atoms with Crippen LogP contribution in [0.25, 0.3) is 11.3 Å². The van der Waals surface area contributed by atoms with E-state index in [9.17, 15) is 4.79 Å². The number of hydrogen-bond donors (Lipinski definition) is 2. The van der Waals surface area contributed by atoms with Crippen LogP contribution in [0.4, 0.5) is 0 Å². The number of H-pyrrole nitrogens is 1. The van der Waals surface area contributed by atoms with E-state index >= 15 is 0 Å². The average molecular weight is 314 g/mol. The number of pyridine rings is 1. The third kappa shape index (κ3) is 4.63. The number of rotatable bonds is 6. The molecular formula is C17H22N4O2. The summed E-state index contributed by atoms with van der Waals surface area (Å²) in [6.07, 6.45) is 6.57. The second-order valence-corrected chi connectivity index (χ2v) is 5.89. The maximum atomic E-state index is 11.0. The molecule has 1 aliphatic heterocycles. The minimum absolute atomic E-state index is 0.213. The van der Waals surface area contributed by atoms with Crippen LogP contribution in [0.5, 0.6) is 5.88 Å². The predicted molar refractivity (Wildman–Crippen MR) is 88.4 cm³/mol. The summed E-state index contributed by atoms with van der Waals surface area (Å²) in [5, 5.41) is 9.83. The van der Waals surface area contributed by atoms with E-state index in [0.717, 1.165) is 31.0 Å². The van der Waals surface area contributed by atoms with Crippen molar-refractivity contribution in [2.75, 3.05) is 19.7 Å². The highest BCUT2D eigenvalue weighted by Crippen LogP contribution is 2.18. The number of nitrogens with one attached hydrogen (secondary N) is 2. The molecule has 1 unspecified atom stereocenters. The number of aromatic nitrogens is 3. The van der Waals surface area contributed by atoms with Crippen LogP contribution in [0, 0.1) is 5.92 Å². The smallest absolute Gasteiger partial charge is 0.264 e. The van der Waals surface area contributed by atoms with Gasteiger partial charge < -0.3 is 10.1 Å². The Kier molecular flexibility index (Phi) is 5.37. The summed E-state index contributed by atoms with van der Waals surface area (Å²) in [5.74, 6) is 1.41. The second-order valence-electron chi connectivity index (χ2n) is 5.89. The zero-order valence-corrected chi connectivity index (χ0v) is 13.1. The molecule has 1 atom stereocenters. The first kappa shape index (κ1) is 15.7. The van der Waals surface area contributed by atoms with Crippen LogP contribution in [0.3, 0.4) is 0 Å². The molecule has 3 heterocycles. The van der Waals surface area contributed by atoms with Crippen molar-refractivity contribution >= 4 is 0 Å². The number of hydrogen-bond acceptors (Lipinski definition) is 5. The summed E-state index contributed by atoms with van der Waals surface area (Å²) in [7, 11) is 0. The highest BCUT2D eigenvalue weighted by molar-refractivity contribution is 5.57. The van der Waals surface area contributed by atoms with Gasteiger partial charge in [-0.25, -0.2) is 10.1 Å². The summed E-state index contributed by atoms with van der Waals surface area (Å²) < 4.78 is 5.70. The Morgan fingerprint density at radius 3 is 2.91 bits per heavy atom. The Morgan fingerprint density at radius 1 is 1.26 bits per heavy atom. The first-order chi connectivity index (χ1) is 11.3. The van der Waals surface area contributed by atoms with Gasteiger partial charge in [-0.15, -0.1) is 0 Å². The van der Waals surface area contributed by atoms with E-state index in [-0.39, 0.29) is 5.56 Å². The normalized spacial score (nSPS) is 17.8. The molecular weight excluding hydrogens is 292 g/mol. The Labute approximate surface area is 135 Å². The van der Waals surface area contributed by atoms with E-state index in [2.05, 4.69) is 20.5 Å². The highest BCUT2D eigenvalue weighted by Gasteiger charge is 2.12. The van der Waals surface area contributed by atoms with Crippen LogP contribution in [-0.4, -0.2) is 34.9 Å². The lowest BCUT2D eigenvalue weighted by Crippen LogP contribution is -2.29. The molecule has 3 rings (SSSR count). The molecule has 1 aliphatic rings. The standard InChI is InChI=1S/C17H22N4O2/c22-16-7-6-15(20-21-16)14-5-8-17(19-12-14)23-10-2-4-13-3-1-9-18-11-13/h5-8,12-13,18H,1-4,9-11H2,(H,21,22). The summed E-state index contributed by atoms with van der Waals surface area (Å²) in [6.45, 7) is 2.99. The van der Waals surface area contributed by atoms with Gasteiger partial charge in [-0.05, 0) is 56.8 Å². The van der Waals surface area contributed by atoms with Crippen molar-refractivity contribution in [3.63, 3.8) is 0 Å². The van der Waals surface area contributed by atoms with Crippen LogP contribution in [0.15, 0.2) is 35.3 Å². The van der Waals surface area contributed by atoms with Crippen LogP contribution < -0.4 is 15.6 Å². The lowest BCUT2D eigenvalue weighted by molar-refractivity contribution is 0.268. The van der Waals surface area contributed by atoms with Gasteiger partial charge in [-0.2, -0.15) is 5.10 Å². The lowest BCUT2D eigenvalue weighted by atomic mass is 9.95. The molecule has 0 radical (unpaired) electrons. The van der Waals surface area contributed by atoms with Crippen LogP contribution >= 0.6 is 0 Å². The molecule has 2 aromatic rings. The third-order valence-corrected chi connectivity index (χ3v) is 4.12. The predicted octanol–water partition coefficient (Wildman–Crippen LogP) is 1.99. The SMILES string of the molecule is O=c1ccc(-c2ccc(OCCCC3CCCNC3)nc2)n[nH]1. The fourth-order valence-corrected chi connectivity index (χ4v) is 2.84. The first-order valence-corrected chi connectivity index (χ1v) is 8.17. The van der Waals surface area contributed by atoms with E-state index in [1.54, 1.807) is 12.3 Å². The molecule has 23 heavy (non-hydrogen) atoms. The van der Waals surface area contributed by atoms with Gasteiger partial charge in [0.25, 0.3) is 5.56 Å². The van der Waals surface area contributed by atoms with Gasteiger partial charge in [0.2, 0.25) is 5.88 Å². The van der Waals surface area contributed by atoms with Crippen molar-refractivity contribution in [1.82, 2.24) is 20.5 Å². The largest absolute Gasteiger partial charge is 0.478 e. The Hall–Kier alpha value is -2.21. The Bertz CT molecular complexity index is 643. The van der Waals surface area contributed by atoms with Crippen molar-refractivity contribution in [3.05, 3.63) is 40.8 Å². The molecule has 1 fully saturated rings. The van der Waals surface area contributed by atoms with Gasteiger partial charge >= 0.3 is 0 Å². The van der Waals surface area contributed by atoms with Crippen molar-refractivity contribution < 1.29 is 4.74 Å². The number of ether oxygens (including phenoxy) is 1. The zero-order valence-electron chi connectivity index (χ0n) is 13.1. The molecule has 2 aromatic heterocycles. The molecule has 6 heteroatoms. The van der Waals surface area contributed by atoms with Gasteiger partial charge in [0.05, 0.1) is 12.3 Å². The second kappa shape index (κ2) is 7.87. The monoisotopic (exact) mass is 314 g/mol. The molecule has 0 amide bonds. The Balaban J connectivity index is 1.45. The molecule has 0 saturated carbocycles. The highest BCUT2D eigenvalue weighted by atomic mass is 16.5. The molecule has 2 N–H and O–H groups in total. The maximum absolute atomic E-state index is 11.0. The van der Waals surface area contributed by atoms with Gasteiger partial charge in [-0.1, -0.05) is 0 Å². The third-order valence-electron chi connectivity index (χ3n) is 4.12. The van der Waals surface area contributed by atoms with E-state index in [4.69, 9.17) is 4.74 Å². The van der Waals surface area contributed by atoms with Crippen molar-refractivity contribution in [2.45, 2.75) is 25.7 Å². The van der Waals surface area contributed by atoms with Crippen LogP contribution in [0.2, 0.25) is 0 Å². The van der Waals surface area contributed by atoms with Gasteiger partial charge in [0.15, 0.2) is 0 Å². The molecule has 0 aliphatic carbocycles. The fraction of sp³-hybridized carbons (Fsp3) is 0.471. The first-order valence-electron chi connectivity index (χ1n) is 8.17. The topological polar surface area (TPSA) is 79.9 Å². The van der Waals surface area contributed by atoms with Gasteiger partial charge in [-0.3, -0.25) is 4.79 Å². The van der Waals surface area contributed by atoms with Crippen molar-refractivity contribution in [1.29, 1.82) is 0 Å². The lowest BCUT2D eigenvalue weighted by Gasteiger charge is -2.22. The van der Waals surface area contributed by atoms with E-state index < -0.39 is 0 Å². The quantitative estimate of drug-likeness (QED) is 0.797. The van der Waals surface area contributed by atoms with E-state index in [0.29, 0.717) is 18.2 Å². The molecule has 122 valence electrons. The molecule has 6 nitrogen and oxygen atoms in total. The summed E-state index contributed by atoms with van der Waals surface area (Å²) in [6, 6.07) is 6.86. The van der Waals surface area contributed by atoms with E-state index in [1.165, 1.54) is 25.3 Å². The van der Waals surface area contributed by atoms with Crippen LogP contribution in [0.1, 0.15) is 25.7 Å². The minimum Gasteiger partial charge on any atom is -0.478 e. The minimum atomic E-state index is -0.213. The van der Waals surface area contributed by atoms with Gasteiger partial charge in [0, 0.05) is 23.9 Å². The van der Waals surface area contributed by atoms with Crippen molar-refractivity contribution in [2.24, 2.45) is 5.92 Å². The number of aromatic amines is 1.